The normalized spacial score (nSPS) is 19.9. The van der Waals surface area contributed by atoms with Crippen LogP contribution in [0.3, 0.4) is 0 Å². The Balaban J connectivity index is 0.846. The monoisotopic (exact) mass is 919 g/mol. The van der Waals surface area contributed by atoms with Gasteiger partial charge < -0.3 is 40.0 Å². The fraction of sp³-hybridized carbons (Fsp3) is 0.423. The average Bonchev–Trinajstić information content (AvgIpc) is 3.90. The number of piperidine rings is 1. The van der Waals surface area contributed by atoms with E-state index in [1.54, 1.807) is 48.7 Å². The molecule has 0 radical (unpaired) electrons. The number of aryl methyl sites for hydroxylation is 1. The SMILES string of the molecule is C=CC(=O)Nc1cc(Nc2cc(-c3ccnc(N4CCn5c(cc6c5CC(C)(C)C6)C4=O)c3CO)cn(C)c2=O)ncc1N1CCN(C2CCN(c3ccc4c(c3)NC(=O)C4(C)C)CC2)CC1C. The van der Waals surface area contributed by atoms with Crippen LogP contribution < -0.4 is 36.2 Å². The molecule has 16 nitrogen and oxygen atoms in total. The summed E-state index contributed by atoms with van der Waals surface area (Å²) in [5, 5.41) is 20.1. The average molecular weight is 920 g/mol. The van der Waals surface area contributed by atoms with Crippen LogP contribution in [0.25, 0.3) is 11.1 Å². The summed E-state index contributed by atoms with van der Waals surface area (Å²) in [4.78, 5) is 71.5. The summed E-state index contributed by atoms with van der Waals surface area (Å²) in [6.07, 6.45) is 10.2. The topological polar surface area (TPSA) is 173 Å². The van der Waals surface area contributed by atoms with Gasteiger partial charge in [0.25, 0.3) is 11.5 Å². The van der Waals surface area contributed by atoms with Gasteiger partial charge in [-0.2, -0.15) is 0 Å². The Morgan fingerprint density at radius 1 is 0.956 bits per heavy atom. The second-order valence-electron chi connectivity index (χ2n) is 20.5. The van der Waals surface area contributed by atoms with Gasteiger partial charge in [-0.25, -0.2) is 9.97 Å². The minimum atomic E-state index is -0.522. The largest absolute Gasteiger partial charge is 0.392 e. The third kappa shape index (κ3) is 7.92. The molecule has 1 unspecified atom stereocenters. The molecular weight excluding hydrogens is 859 g/mol. The maximum atomic E-state index is 14.1. The molecular formula is C52H61N11O5. The van der Waals surface area contributed by atoms with E-state index in [4.69, 9.17) is 4.98 Å². The first-order valence-electron chi connectivity index (χ1n) is 23.8. The number of benzene rings is 1. The van der Waals surface area contributed by atoms with Crippen molar-refractivity contribution in [2.75, 3.05) is 69.9 Å². The van der Waals surface area contributed by atoms with Crippen molar-refractivity contribution in [2.24, 2.45) is 12.5 Å². The molecule has 4 aromatic heterocycles. The third-order valence-electron chi connectivity index (χ3n) is 15.0. The summed E-state index contributed by atoms with van der Waals surface area (Å²) >= 11 is 0. The van der Waals surface area contributed by atoms with Gasteiger partial charge in [0, 0.05) is 112 Å². The van der Waals surface area contributed by atoms with E-state index in [1.807, 2.05) is 19.9 Å². The van der Waals surface area contributed by atoms with Crippen LogP contribution in [0.5, 0.6) is 0 Å². The second-order valence-corrected chi connectivity index (χ2v) is 20.5. The molecule has 1 atom stereocenters. The standard InChI is InChI=1S/C52H61N11O5/c1-8-46(65)56-40-24-45(54-27-44(40)61-18-17-60(28-31(61)2)34-12-15-59(16-13-34)35-9-10-38-39(23-35)57-50(68)52(38,5)6)55-41-21-33(29-58(7)48(41)66)36-11-14-53-47(37(36)30-64)63-20-19-62-42(49(63)67)22-32-25-51(3,4)26-43(32)62/h8-11,14,21-24,27,29,31,34,64H,1,12-13,15-20,25-26,28,30H2,2-7H3,(H,57,68)(H2,54,55,56,65). The number of carbonyl (C=O) groups excluding carboxylic acids is 3. The smallest absolute Gasteiger partial charge is 0.276 e. The van der Waals surface area contributed by atoms with Gasteiger partial charge in [-0.1, -0.05) is 26.5 Å². The number of nitrogens with zero attached hydrogens (tertiary/aromatic N) is 8. The number of hydrogen-bond acceptors (Lipinski definition) is 11. The first-order valence-corrected chi connectivity index (χ1v) is 23.8. The van der Waals surface area contributed by atoms with E-state index >= 15 is 0 Å². The van der Waals surface area contributed by atoms with Crippen molar-refractivity contribution < 1.29 is 19.5 Å². The Morgan fingerprint density at radius 3 is 2.50 bits per heavy atom. The number of hydrogen-bond donors (Lipinski definition) is 4. The lowest BCUT2D eigenvalue weighted by Gasteiger charge is -2.47. The molecule has 0 spiro atoms. The zero-order valence-electron chi connectivity index (χ0n) is 39.9. The Hall–Kier alpha value is -6.78. The highest BCUT2D eigenvalue weighted by molar-refractivity contribution is 6.07. The molecule has 16 heteroatoms. The molecule has 2 fully saturated rings. The molecule has 3 amide bonds. The summed E-state index contributed by atoms with van der Waals surface area (Å²) in [6.45, 7) is 19.3. The lowest BCUT2D eigenvalue weighted by molar-refractivity contribution is -0.119. The van der Waals surface area contributed by atoms with Gasteiger partial charge in [0.05, 0.1) is 29.6 Å². The number of rotatable bonds is 10. The van der Waals surface area contributed by atoms with Crippen molar-refractivity contribution in [3.05, 3.63) is 112 Å². The minimum Gasteiger partial charge on any atom is -0.392 e. The van der Waals surface area contributed by atoms with E-state index < -0.39 is 5.41 Å². The molecule has 4 N–H and O–H groups in total. The Labute approximate surface area is 396 Å². The number of aliphatic hydroxyl groups excluding tert-OH is 1. The quantitative estimate of drug-likeness (QED) is 0.118. The molecule has 8 heterocycles. The molecule has 4 aliphatic heterocycles. The maximum absolute atomic E-state index is 14.1. The first kappa shape index (κ1) is 45.0. The van der Waals surface area contributed by atoms with E-state index in [1.165, 1.54) is 21.9 Å². The predicted molar refractivity (Wildman–Crippen MR) is 266 cm³/mol. The molecule has 2 saturated heterocycles. The van der Waals surface area contributed by atoms with E-state index in [2.05, 4.69) is 85.8 Å². The number of piperazine rings is 1. The number of nitrogens with one attached hydrogen (secondary N) is 3. The molecule has 68 heavy (non-hydrogen) atoms. The number of carbonyl (C=O) groups is 3. The van der Waals surface area contributed by atoms with Crippen LogP contribution in [-0.4, -0.2) is 98.2 Å². The van der Waals surface area contributed by atoms with E-state index in [9.17, 15) is 24.3 Å². The zero-order chi connectivity index (χ0) is 47.8. The zero-order valence-corrected chi connectivity index (χ0v) is 39.9. The molecule has 0 bridgehead atoms. The highest BCUT2D eigenvalue weighted by atomic mass is 16.3. The van der Waals surface area contributed by atoms with Crippen molar-refractivity contribution in [3.63, 3.8) is 0 Å². The van der Waals surface area contributed by atoms with Crippen LogP contribution in [0.2, 0.25) is 0 Å². The molecule has 5 aliphatic rings. The van der Waals surface area contributed by atoms with E-state index in [0.29, 0.717) is 58.8 Å². The van der Waals surface area contributed by atoms with Gasteiger partial charge in [-0.05, 0) is 105 Å². The number of pyridine rings is 3. The second kappa shape index (κ2) is 17.1. The molecule has 10 rings (SSSR count). The first-order chi connectivity index (χ1) is 32.5. The summed E-state index contributed by atoms with van der Waals surface area (Å²) in [6, 6.07) is 14.2. The van der Waals surface area contributed by atoms with Gasteiger partial charge in [0.2, 0.25) is 11.8 Å². The van der Waals surface area contributed by atoms with Crippen molar-refractivity contribution in [2.45, 2.75) is 91.0 Å². The lowest BCUT2D eigenvalue weighted by Crippen LogP contribution is -2.57. The summed E-state index contributed by atoms with van der Waals surface area (Å²) in [7, 11) is 1.66. The molecule has 5 aromatic rings. The lowest BCUT2D eigenvalue weighted by atomic mass is 9.86. The van der Waals surface area contributed by atoms with Crippen molar-refractivity contribution in [1.82, 2.24) is 24.0 Å². The number of aromatic nitrogens is 4. The summed E-state index contributed by atoms with van der Waals surface area (Å²) in [5.41, 5.74) is 8.82. The summed E-state index contributed by atoms with van der Waals surface area (Å²) in [5.74, 6) is 0.259. The maximum Gasteiger partial charge on any atom is 0.276 e. The fourth-order valence-corrected chi connectivity index (χ4v) is 11.3. The Kier molecular flexibility index (Phi) is 11.3. The highest BCUT2D eigenvalue weighted by Crippen LogP contribution is 2.42. The molecule has 1 aliphatic carbocycles. The van der Waals surface area contributed by atoms with Gasteiger partial charge >= 0.3 is 0 Å². The van der Waals surface area contributed by atoms with Crippen molar-refractivity contribution in [3.8, 4) is 11.1 Å². The van der Waals surface area contributed by atoms with Crippen molar-refractivity contribution >= 4 is 57.8 Å². The molecule has 354 valence electrons. The molecule has 0 saturated carbocycles. The fourth-order valence-electron chi connectivity index (χ4n) is 11.3. The Morgan fingerprint density at radius 2 is 1.75 bits per heavy atom. The number of fused-ring (bicyclic) bond motifs is 4. The van der Waals surface area contributed by atoms with Crippen LogP contribution >= 0.6 is 0 Å². The van der Waals surface area contributed by atoms with Gasteiger partial charge in [-0.3, -0.25) is 29.0 Å². The van der Waals surface area contributed by atoms with Gasteiger partial charge in [0.1, 0.15) is 23.0 Å². The highest BCUT2D eigenvalue weighted by Gasteiger charge is 2.40. The predicted octanol–water partition coefficient (Wildman–Crippen LogP) is 6.20. The Bertz CT molecular complexity index is 2940. The van der Waals surface area contributed by atoms with Crippen LogP contribution in [0, 0.1) is 5.41 Å². The van der Waals surface area contributed by atoms with Gasteiger partial charge in [0.15, 0.2) is 0 Å². The van der Waals surface area contributed by atoms with Gasteiger partial charge in [-0.15, -0.1) is 0 Å². The van der Waals surface area contributed by atoms with Crippen LogP contribution in [0.4, 0.5) is 40.1 Å². The minimum absolute atomic E-state index is 0.0378. The van der Waals surface area contributed by atoms with Crippen LogP contribution in [0.15, 0.2) is 78.5 Å². The van der Waals surface area contributed by atoms with Crippen molar-refractivity contribution in [1.29, 1.82) is 0 Å². The number of anilines is 7. The van der Waals surface area contributed by atoms with E-state index in [0.717, 1.165) is 81.0 Å². The number of amides is 3. The van der Waals surface area contributed by atoms with E-state index in [-0.39, 0.29) is 47.0 Å². The molecule has 1 aromatic carbocycles. The van der Waals surface area contributed by atoms with Crippen LogP contribution in [0.1, 0.15) is 80.3 Å². The van der Waals surface area contributed by atoms with Crippen LogP contribution in [-0.2, 0) is 48.0 Å². The third-order valence-corrected chi connectivity index (χ3v) is 15.0. The summed E-state index contributed by atoms with van der Waals surface area (Å²) < 4.78 is 3.62. The number of aliphatic hydroxyl groups is 1.